The Labute approximate surface area is 134 Å². The number of hydrogen-bond acceptors (Lipinski definition) is 4. The van der Waals surface area contributed by atoms with Crippen LogP contribution in [0.4, 0.5) is 0 Å². The molecule has 0 radical (unpaired) electrons. The molecule has 2 rings (SSSR count). The maximum absolute atomic E-state index is 5.52. The number of aromatic nitrogens is 2. The standard InChI is InChI=1S/C14H14Br2N2O2/c15-11-3-5-13(17-9-11)19-7-1-2-8-20-14-6-4-12(16)10-18-14/h3-6,9-10H,1-2,7-8H2. The zero-order chi connectivity index (χ0) is 14.2. The Morgan fingerprint density at radius 2 is 1.20 bits per heavy atom. The van der Waals surface area contributed by atoms with Crippen molar-refractivity contribution in [3.63, 3.8) is 0 Å². The zero-order valence-corrected chi connectivity index (χ0v) is 13.9. The maximum Gasteiger partial charge on any atom is 0.213 e. The molecule has 0 atom stereocenters. The lowest BCUT2D eigenvalue weighted by atomic mass is 10.3. The van der Waals surface area contributed by atoms with Gasteiger partial charge < -0.3 is 9.47 Å². The summed E-state index contributed by atoms with van der Waals surface area (Å²) in [5.41, 5.74) is 0. The molecule has 0 aliphatic rings. The van der Waals surface area contributed by atoms with Gasteiger partial charge in [-0.05, 0) is 56.8 Å². The van der Waals surface area contributed by atoms with Crippen LogP contribution in [-0.4, -0.2) is 23.2 Å². The smallest absolute Gasteiger partial charge is 0.213 e. The molecule has 0 aliphatic carbocycles. The molecule has 0 unspecified atom stereocenters. The first-order chi connectivity index (χ1) is 9.74. The van der Waals surface area contributed by atoms with Crippen molar-refractivity contribution < 1.29 is 9.47 Å². The van der Waals surface area contributed by atoms with Gasteiger partial charge in [0.05, 0.1) is 13.2 Å². The predicted octanol–water partition coefficient (Wildman–Crippen LogP) is 4.24. The van der Waals surface area contributed by atoms with Crippen LogP contribution in [0.25, 0.3) is 0 Å². The van der Waals surface area contributed by atoms with Crippen molar-refractivity contribution in [1.82, 2.24) is 9.97 Å². The van der Waals surface area contributed by atoms with Gasteiger partial charge in [0.1, 0.15) is 0 Å². The van der Waals surface area contributed by atoms with E-state index in [1.54, 1.807) is 12.4 Å². The highest BCUT2D eigenvalue weighted by molar-refractivity contribution is 9.10. The van der Waals surface area contributed by atoms with Crippen LogP contribution in [0, 0.1) is 0 Å². The van der Waals surface area contributed by atoms with E-state index in [1.807, 2.05) is 24.3 Å². The molecule has 2 aromatic rings. The first-order valence-corrected chi connectivity index (χ1v) is 7.81. The van der Waals surface area contributed by atoms with Crippen molar-refractivity contribution in [2.45, 2.75) is 12.8 Å². The monoisotopic (exact) mass is 400 g/mol. The predicted molar refractivity (Wildman–Crippen MR) is 84.1 cm³/mol. The molecule has 0 aromatic carbocycles. The molecule has 0 amide bonds. The van der Waals surface area contributed by atoms with Gasteiger partial charge in [0.25, 0.3) is 0 Å². The first-order valence-electron chi connectivity index (χ1n) is 6.23. The minimum atomic E-state index is 0.631. The summed E-state index contributed by atoms with van der Waals surface area (Å²) in [6.07, 6.45) is 5.26. The van der Waals surface area contributed by atoms with Crippen molar-refractivity contribution in [2.75, 3.05) is 13.2 Å². The molecule has 0 aliphatic heterocycles. The topological polar surface area (TPSA) is 44.2 Å². The van der Waals surface area contributed by atoms with Crippen LogP contribution in [0.3, 0.4) is 0 Å². The number of halogens is 2. The van der Waals surface area contributed by atoms with Gasteiger partial charge in [0, 0.05) is 33.5 Å². The average Bonchev–Trinajstić information content (AvgIpc) is 2.46. The van der Waals surface area contributed by atoms with E-state index in [0.29, 0.717) is 25.0 Å². The van der Waals surface area contributed by atoms with Gasteiger partial charge >= 0.3 is 0 Å². The summed E-state index contributed by atoms with van der Waals surface area (Å²) in [5.74, 6) is 1.28. The molecule has 0 saturated carbocycles. The van der Waals surface area contributed by atoms with E-state index >= 15 is 0 Å². The Morgan fingerprint density at radius 1 is 0.750 bits per heavy atom. The van der Waals surface area contributed by atoms with Crippen molar-refractivity contribution in [2.24, 2.45) is 0 Å². The highest BCUT2D eigenvalue weighted by atomic mass is 79.9. The SMILES string of the molecule is Brc1ccc(OCCCCOc2ccc(Br)cn2)nc1. The summed E-state index contributed by atoms with van der Waals surface area (Å²) in [7, 11) is 0. The van der Waals surface area contributed by atoms with Crippen LogP contribution < -0.4 is 9.47 Å². The maximum atomic E-state index is 5.52. The lowest BCUT2D eigenvalue weighted by Crippen LogP contribution is -2.03. The Kier molecular flexibility index (Phi) is 6.26. The van der Waals surface area contributed by atoms with E-state index < -0.39 is 0 Å². The Morgan fingerprint density at radius 3 is 1.55 bits per heavy atom. The van der Waals surface area contributed by atoms with Gasteiger partial charge in [0.2, 0.25) is 11.8 Å². The van der Waals surface area contributed by atoms with Gasteiger partial charge in [-0.15, -0.1) is 0 Å². The molecule has 6 heteroatoms. The molecule has 0 fully saturated rings. The Balaban J connectivity index is 1.57. The fourth-order valence-electron chi connectivity index (χ4n) is 1.45. The summed E-state index contributed by atoms with van der Waals surface area (Å²) in [6, 6.07) is 7.49. The third-order valence-electron chi connectivity index (χ3n) is 2.44. The van der Waals surface area contributed by atoms with Gasteiger partial charge in [-0.1, -0.05) is 0 Å². The fourth-order valence-corrected chi connectivity index (χ4v) is 1.92. The summed E-state index contributed by atoms with van der Waals surface area (Å²) in [5, 5.41) is 0. The summed E-state index contributed by atoms with van der Waals surface area (Å²) in [6.45, 7) is 1.26. The van der Waals surface area contributed by atoms with E-state index in [4.69, 9.17) is 9.47 Å². The third kappa shape index (κ3) is 5.46. The normalized spacial score (nSPS) is 10.3. The van der Waals surface area contributed by atoms with E-state index in [2.05, 4.69) is 41.8 Å². The highest BCUT2D eigenvalue weighted by Gasteiger charge is 1.97. The number of pyridine rings is 2. The number of ether oxygens (including phenoxy) is 2. The summed E-state index contributed by atoms with van der Waals surface area (Å²) >= 11 is 6.66. The van der Waals surface area contributed by atoms with E-state index in [1.165, 1.54) is 0 Å². The number of rotatable bonds is 7. The summed E-state index contributed by atoms with van der Waals surface area (Å²) < 4.78 is 12.9. The molecule has 2 heterocycles. The lowest BCUT2D eigenvalue weighted by molar-refractivity contribution is 0.256. The van der Waals surface area contributed by atoms with Crippen LogP contribution in [-0.2, 0) is 0 Å². The van der Waals surface area contributed by atoms with Gasteiger partial charge in [0.15, 0.2) is 0 Å². The van der Waals surface area contributed by atoms with Gasteiger partial charge in [-0.3, -0.25) is 0 Å². The van der Waals surface area contributed by atoms with Crippen LogP contribution in [0.1, 0.15) is 12.8 Å². The van der Waals surface area contributed by atoms with Crippen LogP contribution in [0.5, 0.6) is 11.8 Å². The van der Waals surface area contributed by atoms with Crippen molar-refractivity contribution in [1.29, 1.82) is 0 Å². The average molecular weight is 402 g/mol. The quantitative estimate of drug-likeness (QED) is 0.651. The lowest BCUT2D eigenvalue weighted by Gasteiger charge is -2.06. The second-order valence-corrected chi connectivity index (χ2v) is 5.86. The first kappa shape index (κ1) is 15.3. The Hall–Kier alpha value is -1.14. The van der Waals surface area contributed by atoms with Crippen molar-refractivity contribution in [3.8, 4) is 11.8 Å². The minimum absolute atomic E-state index is 0.631. The van der Waals surface area contributed by atoms with Crippen LogP contribution in [0.2, 0.25) is 0 Å². The number of hydrogen-bond donors (Lipinski definition) is 0. The van der Waals surface area contributed by atoms with E-state index in [0.717, 1.165) is 21.8 Å². The van der Waals surface area contributed by atoms with E-state index in [9.17, 15) is 0 Å². The molecule has 0 bridgehead atoms. The third-order valence-corrected chi connectivity index (χ3v) is 3.38. The minimum Gasteiger partial charge on any atom is -0.478 e. The van der Waals surface area contributed by atoms with Crippen molar-refractivity contribution in [3.05, 3.63) is 45.6 Å². The number of nitrogens with zero attached hydrogens (tertiary/aromatic N) is 2. The largest absolute Gasteiger partial charge is 0.478 e. The van der Waals surface area contributed by atoms with Crippen LogP contribution >= 0.6 is 31.9 Å². The van der Waals surface area contributed by atoms with E-state index in [-0.39, 0.29) is 0 Å². The molecule has 106 valence electrons. The molecule has 0 saturated heterocycles. The fraction of sp³-hybridized carbons (Fsp3) is 0.286. The molecular weight excluding hydrogens is 388 g/mol. The number of unbranched alkanes of at least 4 members (excludes halogenated alkanes) is 1. The molecule has 2 aromatic heterocycles. The molecule has 0 N–H and O–H groups in total. The highest BCUT2D eigenvalue weighted by Crippen LogP contribution is 2.13. The molecule has 4 nitrogen and oxygen atoms in total. The second-order valence-electron chi connectivity index (χ2n) is 4.03. The van der Waals surface area contributed by atoms with Crippen molar-refractivity contribution >= 4 is 31.9 Å². The molecule has 0 spiro atoms. The van der Waals surface area contributed by atoms with Gasteiger partial charge in [-0.2, -0.15) is 0 Å². The Bertz CT molecular complexity index is 468. The van der Waals surface area contributed by atoms with Crippen LogP contribution in [0.15, 0.2) is 45.6 Å². The zero-order valence-electron chi connectivity index (χ0n) is 10.8. The van der Waals surface area contributed by atoms with Gasteiger partial charge in [-0.25, -0.2) is 9.97 Å². The molecular formula is C14H14Br2N2O2. The second kappa shape index (κ2) is 8.21. The molecule has 20 heavy (non-hydrogen) atoms. The summed E-state index contributed by atoms with van der Waals surface area (Å²) in [4.78, 5) is 8.27.